The van der Waals surface area contributed by atoms with Gasteiger partial charge in [-0.15, -0.1) is 0 Å². The number of methoxy groups -OCH3 is 1. The first-order valence-corrected chi connectivity index (χ1v) is 8.71. The van der Waals surface area contributed by atoms with Crippen molar-refractivity contribution in [2.24, 2.45) is 0 Å². The molecule has 0 fully saturated rings. The maximum absolute atomic E-state index is 13.1. The summed E-state index contributed by atoms with van der Waals surface area (Å²) in [5.41, 5.74) is 1.60. The van der Waals surface area contributed by atoms with Crippen LogP contribution in [0.1, 0.15) is 24.9 Å². The molecule has 0 aliphatic rings. The van der Waals surface area contributed by atoms with E-state index >= 15 is 0 Å². The van der Waals surface area contributed by atoms with Crippen molar-refractivity contribution in [2.45, 2.75) is 26.3 Å². The van der Waals surface area contributed by atoms with Crippen molar-refractivity contribution in [1.82, 2.24) is 4.57 Å². The van der Waals surface area contributed by atoms with Gasteiger partial charge in [-0.05, 0) is 49.2 Å². The van der Waals surface area contributed by atoms with Crippen LogP contribution in [0.5, 0.6) is 5.75 Å². The molecule has 0 radical (unpaired) electrons. The van der Waals surface area contributed by atoms with Gasteiger partial charge < -0.3 is 10.1 Å². The quantitative estimate of drug-likeness (QED) is 0.739. The molecule has 1 N–H and O–H groups in total. The number of pyridine rings is 1. The van der Waals surface area contributed by atoms with E-state index in [1.54, 1.807) is 6.07 Å². The lowest BCUT2D eigenvalue weighted by Gasteiger charge is -2.22. The highest BCUT2D eigenvalue weighted by molar-refractivity contribution is 5.96. The van der Waals surface area contributed by atoms with Crippen LogP contribution in [0.4, 0.5) is 10.1 Å². The number of benzene rings is 2. The normalized spacial score (nSPS) is 12.0. The van der Waals surface area contributed by atoms with Gasteiger partial charge in [0.25, 0.3) is 5.56 Å². The molecule has 3 aromatic rings. The Hall–Kier alpha value is -3.15. The van der Waals surface area contributed by atoms with Gasteiger partial charge in [0, 0.05) is 17.1 Å². The van der Waals surface area contributed by atoms with Crippen molar-refractivity contribution in [2.75, 3.05) is 12.4 Å². The Morgan fingerprint density at radius 3 is 2.56 bits per heavy atom. The van der Waals surface area contributed by atoms with Gasteiger partial charge >= 0.3 is 0 Å². The summed E-state index contributed by atoms with van der Waals surface area (Å²) in [5.74, 6) is -0.200. The van der Waals surface area contributed by atoms with Crippen molar-refractivity contribution < 1.29 is 13.9 Å². The van der Waals surface area contributed by atoms with E-state index in [1.165, 1.54) is 42.0 Å². The number of rotatable bonds is 5. The van der Waals surface area contributed by atoms with Gasteiger partial charge in [-0.1, -0.05) is 19.1 Å². The Morgan fingerprint density at radius 1 is 1.22 bits per heavy atom. The molecule has 5 nitrogen and oxygen atoms in total. The smallest absolute Gasteiger partial charge is 0.252 e. The number of nitrogens with one attached hydrogen (secondary N) is 1. The van der Waals surface area contributed by atoms with Crippen molar-refractivity contribution in [3.63, 3.8) is 0 Å². The summed E-state index contributed by atoms with van der Waals surface area (Å²) < 4.78 is 20.0. The number of ether oxygens (including phenoxy) is 1. The van der Waals surface area contributed by atoms with Crippen molar-refractivity contribution in [3.05, 3.63) is 70.3 Å². The number of halogens is 1. The SMILES string of the molecule is CCC(C(=O)Nc1ccc(F)cc1)n1c(=O)cc(C)c2cccc(OC)c21. The second kappa shape index (κ2) is 7.61. The molecule has 6 heteroatoms. The van der Waals surface area contributed by atoms with Gasteiger partial charge in [0.1, 0.15) is 17.6 Å². The number of carbonyl (C=O) groups is 1. The molecule has 0 saturated heterocycles. The monoisotopic (exact) mass is 368 g/mol. The molecule has 1 heterocycles. The van der Waals surface area contributed by atoms with Crippen LogP contribution in [0.3, 0.4) is 0 Å². The van der Waals surface area contributed by atoms with Crippen molar-refractivity contribution >= 4 is 22.5 Å². The Labute approximate surface area is 156 Å². The predicted molar refractivity (Wildman–Crippen MR) is 104 cm³/mol. The maximum Gasteiger partial charge on any atom is 0.252 e. The lowest BCUT2D eigenvalue weighted by atomic mass is 10.1. The number of aryl methyl sites for hydroxylation is 1. The summed E-state index contributed by atoms with van der Waals surface area (Å²) in [7, 11) is 1.53. The van der Waals surface area contributed by atoms with Gasteiger partial charge in [0.2, 0.25) is 5.91 Å². The van der Waals surface area contributed by atoms with Crippen LogP contribution in [0.2, 0.25) is 0 Å². The second-order valence-corrected chi connectivity index (χ2v) is 6.31. The third-order valence-electron chi connectivity index (χ3n) is 4.57. The van der Waals surface area contributed by atoms with E-state index in [0.717, 1.165) is 10.9 Å². The lowest BCUT2D eigenvalue weighted by Crippen LogP contribution is -2.33. The van der Waals surface area contributed by atoms with E-state index in [0.29, 0.717) is 23.4 Å². The van der Waals surface area contributed by atoms with Crippen molar-refractivity contribution in [1.29, 1.82) is 0 Å². The van der Waals surface area contributed by atoms with Crippen LogP contribution in [-0.2, 0) is 4.79 Å². The average molecular weight is 368 g/mol. The van der Waals surface area contributed by atoms with Crippen LogP contribution >= 0.6 is 0 Å². The first-order chi connectivity index (χ1) is 13.0. The summed E-state index contributed by atoms with van der Waals surface area (Å²) in [4.78, 5) is 25.7. The number of hydrogen-bond acceptors (Lipinski definition) is 3. The minimum Gasteiger partial charge on any atom is -0.495 e. The molecule has 1 amide bonds. The van der Waals surface area contributed by atoms with Crippen molar-refractivity contribution in [3.8, 4) is 5.75 Å². The second-order valence-electron chi connectivity index (χ2n) is 6.31. The topological polar surface area (TPSA) is 60.3 Å². The molecule has 0 spiro atoms. The number of anilines is 1. The van der Waals surface area contributed by atoms with Crippen LogP contribution in [0.15, 0.2) is 53.3 Å². The molecular formula is C21H21FN2O3. The fourth-order valence-corrected chi connectivity index (χ4v) is 3.25. The van der Waals surface area contributed by atoms with E-state index < -0.39 is 6.04 Å². The van der Waals surface area contributed by atoms with Gasteiger partial charge in [0.15, 0.2) is 0 Å². The number of para-hydroxylation sites is 1. The van der Waals surface area contributed by atoms with E-state index in [1.807, 2.05) is 26.0 Å². The van der Waals surface area contributed by atoms with E-state index in [4.69, 9.17) is 4.74 Å². The number of hydrogen-bond donors (Lipinski definition) is 1. The first kappa shape index (κ1) is 18.6. The fraction of sp³-hybridized carbons (Fsp3) is 0.238. The third kappa shape index (κ3) is 3.56. The van der Waals surface area contributed by atoms with Crippen LogP contribution in [0.25, 0.3) is 10.9 Å². The first-order valence-electron chi connectivity index (χ1n) is 8.71. The van der Waals surface area contributed by atoms with Gasteiger partial charge in [-0.25, -0.2) is 4.39 Å². The van der Waals surface area contributed by atoms with E-state index in [2.05, 4.69) is 5.32 Å². The van der Waals surface area contributed by atoms with E-state index in [9.17, 15) is 14.0 Å². The summed E-state index contributed by atoms with van der Waals surface area (Å²) in [6.07, 6.45) is 0.406. The number of aromatic nitrogens is 1. The lowest BCUT2D eigenvalue weighted by molar-refractivity contribution is -0.119. The molecule has 0 aliphatic carbocycles. The molecule has 0 bridgehead atoms. The molecular weight excluding hydrogens is 347 g/mol. The number of amides is 1. The highest BCUT2D eigenvalue weighted by Gasteiger charge is 2.24. The third-order valence-corrected chi connectivity index (χ3v) is 4.57. The molecule has 27 heavy (non-hydrogen) atoms. The van der Waals surface area contributed by atoms with Gasteiger partial charge in [0.05, 0.1) is 12.6 Å². The Morgan fingerprint density at radius 2 is 1.93 bits per heavy atom. The molecule has 1 atom stereocenters. The Bertz CT molecular complexity index is 1040. The van der Waals surface area contributed by atoms with Gasteiger partial charge in [-0.2, -0.15) is 0 Å². The van der Waals surface area contributed by atoms with Crippen LogP contribution < -0.4 is 15.6 Å². The standard InChI is InChI=1S/C21H21FN2O3/c1-4-17(21(26)23-15-10-8-14(22)9-11-15)24-19(25)12-13(2)16-6-5-7-18(27-3)20(16)24/h5-12,17H,4H2,1-3H3,(H,23,26). The van der Waals surface area contributed by atoms with Crippen LogP contribution in [-0.4, -0.2) is 17.6 Å². The molecule has 140 valence electrons. The minimum atomic E-state index is -0.734. The average Bonchev–Trinajstić information content (AvgIpc) is 2.66. The summed E-state index contributed by atoms with van der Waals surface area (Å²) in [6, 6.07) is 11.8. The summed E-state index contributed by atoms with van der Waals surface area (Å²) in [6.45, 7) is 3.69. The zero-order chi connectivity index (χ0) is 19.6. The molecule has 0 aliphatic heterocycles. The predicted octanol–water partition coefficient (Wildman–Crippen LogP) is 4.05. The summed E-state index contributed by atoms with van der Waals surface area (Å²) >= 11 is 0. The maximum atomic E-state index is 13.1. The number of fused-ring (bicyclic) bond motifs is 1. The highest BCUT2D eigenvalue weighted by Crippen LogP contribution is 2.29. The largest absolute Gasteiger partial charge is 0.495 e. The van der Waals surface area contributed by atoms with Crippen LogP contribution in [0, 0.1) is 12.7 Å². The number of nitrogens with zero attached hydrogens (tertiary/aromatic N) is 1. The zero-order valence-electron chi connectivity index (χ0n) is 15.5. The minimum absolute atomic E-state index is 0.273. The Balaban J connectivity index is 2.12. The Kier molecular flexibility index (Phi) is 5.26. The number of carbonyl (C=O) groups excluding carboxylic acids is 1. The molecule has 3 rings (SSSR count). The highest BCUT2D eigenvalue weighted by atomic mass is 19.1. The van der Waals surface area contributed by atoms with E-state index in [-0.39, 0.29) is 17.3 Å². The molecule has 1 aromatic heterocycles. The molecule has 1 unspecified atom stereocenters. The van der Waals surface area contributed by atoms with Gasteiger partial charge in [-0.3, -0.25) is 14.2 Å². The molecule has 2 aromatic carbocycles. The molecule has 0 saturated carbocycles. The zero-order valence-corrected chi connectivity index (χ0v) is 15.5. The fourth-order valence-electron chi connectivity index (χ4n) is 3.25. The summed E-state index contributed by atoms with van der Waals surface area (Å²) in [5, 5.41) is 3.61.